The number of para-hydroxylation sites is 1. The first-order valence-corrected chi connectivity index (χ1v) is 11.1. The number of benzene rings is 2. The number of hydrogen-bond acceptors (Lipinski definition) is 5. The molecule has 4 aromatic rings. The van der Waals surface area contributed by atoms with Gasteiger partial charge in [0.15, 0.2) is 18.4 Å². The Morgan fingerprint density at radius 1 is 1.06 bits per heavy atom. The molecule has 0 radical (unpaired) electrons. The summed E-state index contributed by atoms with van der Waals surface area (Å²) in [6, 6.07) is 14.1. The third-order valence-corrected chi connectivity index (χ3v) is 6.27. The summed E-state index contributed by atoms with van der Waals surface area (Å²) in [4.78, 5) is 24.5. The van der Waals surface area contributed by atoms with Crippen molar-refractivity contribution in [3.63, 3.8) is 0 Å². The number of rotatable bonds is 4. The van der Waals surface area contributed by atoms with Crippen molar-refractivity contribution in [3.8, 4) is 5.69 Å². The van der Waals surface area contributed by atoms with Gasteiger partial charge in [-0.25, -0.2) is 14.2 Å². The molecule has 0 aliphatic carbocycles. The Balaban J connectivity index is 1.46. The number of nitrogens with one attached hydrogen (secondary N) is 1. The Hall–Kier alpha value is -3.94. The lowest BCUT2D eigenvalue weighted by atomic mass is 10.1. The normalized spacial score (nSPS) is 13.9. The number of aromatic nitrogens is 4. The fraction of sp³-hybridized carbons (Fsp3) is 0.280. The number of anilines is 3. The van der Waals surface area contributed by atoms with Gasteiger partial charge in [-0.1, -0.05) is 18.2 Å². The van der Waals surface area contributed by atoms with Crippen LogP contribution in [-0.4, -0.2) is 56.8 Å². The van der Waals surface area contributed by atoms with Gasteiger partial charge in [-0.15, -0.1) is 0 Å². The van der Waals surface area contributed by atoms with E-state index >= 15 is 0 Å². The zero-order valence-electron chi connectivity index (χ0n) is 19.4. The highest BCUT2D eigenvalue weighted by Crippen LogP contribution is 2.25. The average Bonchev–Trinajstić information content (AvgIpc) is 3.05. The highest BCUT2D eigenvalue weighted by Gasteiger charge is 2.18. The second kappa shape index (κ2) is 8.20. The highest BCUT2D eigenvalue weighted by atomic mass is 16.1. The van der Waals surface area contributed by atoms with Crippen LogP contribution in [0.5, 0.6) is 0 Å². The molecule has 8 heteroatoms. The van der Waals surface area contributed by atoms with Crippen LogP contribution in [0.2, 0.25) is 0 Å². The van der Waals surface area contributed by atoms with E-state index in [-0.39, 0.29) is 5.56 Å². The number of nitrogens with zero attached hydrogens (tertiary/aromatic N) is 6. The van der Waals surface area contributed by atoms with E-state index in [0.717, 1.165) is 36.6 Å². The quantitative estimate of drug-likeness (QED) is 0.492. The molecule has 33 heavy (non-hydrogen) atoms. The molecule has 8 nitrogen and oxygen atoms in total. The number of aryl methyl sites for hydroxylation is 3. The Morgan fingerprint density at radius 3 is 2.61 bits per heavy atom. The van der Waals surface area contributed by atoms with Crippen LogP contribution in [0.3, 0.4) is 0 Å². The van der Waals surface area contributed by atoms with E-state index in [9.17, 15) is 4.79 Å². The first-order chi connectivity index (χ1) is 15.9. The molecule has 3 heterocycles. The molecule has 0 spiro atoms. The molecular weight excluding hydrogens is 414 g/mol. The molecule has 2 aromatic heterocycles. The molecule has 1 N–H and O–H groups in total. The van der Waals surface area contributed by atoms with Crippen molar-refractivity contribution in [3.05, 3.63) is 70.1 Å². The zero-order chi connectivity index (χ0) is 23.1. The van der Waals surface area contributed by atoms with Crippen molar-refractivity contribution >= 4 is 34.6 Å². The second-order valence-corrected chi connectivity index (χ2v) is 8.59. The minimum atomic E-state index is -0.127. The van der Waals surface area contributed by atoms with Crippen molar-refractivity contribution in [1.82, 2.24) is 19.3 Å². The minimum Gasteiger partial charge on any atom is -0.355 e. The van der Waals surface area contributed by atoms with E-state index in [1.165, 1.54) is 11.3 Å². The lowest BCUT2D eigenvalue weighted by molar-refractivity contribution is -0.493. The highest BCUT2D eigenvalue weighted by molar-refractivity contribution is 5.76. The number of likely N-dealkylation sites (N-methyl/N-ethyl adjacent to an activating group) is 1. The summed E-state index contributed by atoms with van der Waals surface area (Å²) in [6.45, 7) is 7.05. The van der Waals surface area contributed by atoms with Gasteiger partial charge in [0.1, 0.15) is 12.4 Å². The molecule has 0 fully saturated rings. The van der Waals surface area contributed by atoms with Gasteiger partial charge in [0.25, 0.3) is 5.56 Å². The molecule has 0 atom stereocenters. The van der Waals surface area contributed by atoms with Crippen LogP contribution < -0.4 is 15.8 Å². The molecule has 0 saturated heterocycles. The molecule has 0 bridgehead atoms. The molecule has 1 aliphatic heterocycles. The molecule has 2 aromatic carbocycles. The van der Waals surface area contributed by atoms with Gasteiger partial charge in [0.05, 0.1) is 18.8 Å². The predicted octanol–water partition coefficient (Wildman–Crippen LogP) is 3.01. The summed E-state index contributed by atoms with van der Waals surface area (Å²) in [5.41, 5.74) is 5.66. The van der Waals surface area contributed by atoms with Crippen molar-refractivity contribution in [2.75, 3.05) is 36.9 Å². The molecular formula is C25H28N7O+. The molecule has 5 rings (SSSR count). The smallest absolute Gasteiger partial charge is 0.282 e. The van der Waals surface area contributed by atoms with Gasteiger partial charge in [-0.05, 0) is 49.2 Å². The minimum absolute atomic E-state index is 0.127. The van der Waals surface area contributed by atoms with Gasteiger partial charge >= 0.3 is 0 Å². The van der Waals surface area contributed by atoms with Crippen molar-refractivity contribution in [1.29, 1.82) is 0 Å². The van der Waals surface area contributed by atoms with E-state index in [0.29, 0.717) is 17.0 Å². The zero-order valence-corrected chi connectivity index (χ0v) is 19.4. The van der Waals surface area contributed by atoms with Crippen LogP contribution in [0, 0.1) is 13.8 Å². The van der Waals surface area contributed by atoms with Crippen LogP contribution in [0.25, 0.3) is 16.7 Å². The van der Waals surface area contributed by atoms with Gasteiger partial charge in [0, 0.05) is 24.6 Å². The summed E-state index contributed by atoms with van der Waals surface area (Å²) < 4.78 is 5.66. The van der Waals surface area contributed by atoms with Crippen LogP contribution in [0.1, 0.15) is 11.1 Å². The third kappa shape index (κ3) is 3.77. The maximum Gasteiger partial charge on any atom is 0.282 e. The maximum atomic E-state index is 13.1. The van der Waals surface area contributed by atoms with Crippen molar-refractivity contribution < 1.29 is 4.58 Å². The number of fused-ring (bicyclic) bond motifs is 1. The largest absolute Gasteiger partial charge is 0.355 e. The van der Waals surface area contributed by atoms with E-state index in [2.05, 4.69) is 57.1 Å². The van der Waals surface area contributed by atoms with Crippen LogP contribution in [-0.2, 0) is 7.05 Å². The van der Waals surface area contributed by atoms with Crippen LogP contribution in [0.15, 0.2) is 53.5 Å². The summed E-state index contributed by atoms with van der Waals surface area (Å²) in [5.74, 6) is 0.458. The Morgan fingerprint density at radius 2 is 1.88 bits per heavy atom. The van der Waals surface area contributed by atoms with Gasteiger partial charge in [-0.2, -0.15) is 4.98 Å². The monoisotopic (exact) mass is 442 g/mol. The Kier molecular flexibility index (Phi) is 5.20. The lowest BCUT2D eigenvalue weighted by Crippen LogP contribution is -2.38. The standard InChI is InChI=1S/C25H27N7O/c1-17-7-5-6-8-22(17)32-24(33)20-16-26-25(28-23(20)30(32)4)27-19-9-10-21(18(2)15-19)31-13-11-29(3)12-14-31/h5-11,15-16H,12-14H2,1-4H3/p+1. The second-order valence-electron chi connectivity index (χ2n) is 8.59. The van der Waals surface area contributed by atoms with E-state index in [1.807, 2.05) is 44.3 Å². The van der Waals surface area contributed by atoms with E-state index < -0.39 is 0 Å². The van der Waals surface area contributed by atoms with Gasteiger partial charge in [-0.3, -0.25) is 9.48 Å². The topological polar surface area (TPSA) is 71.0 Å². The molecule has 168 valence electrons. The first-order valence-electron chi connectivity index (χ1n) is 11.1. The summed E-state index contributed by atoms with van der Waals surface area (Å²) in [7, 11) is 3.96. The third-order valence-electron chi connectivity index (χ3n) is 6.27. The van der Waals surface area contributed by atoms with Gasteiger partial charge in [0.2, 0.25) is 5.95 Å². The first kappa shape index (κ1) is 20.9. The molecule has 1 aliphatic rings. The predicted molar refractivity (Wildman–Crippen MR) is 133 cm³/mol. The number of hydrogen-bond donors (Lipinski definition) is 1. The maximum absolute atomic E-state index is 13.1. The summed E-state index contributed by atoms with van der Waals surface area (Å²) in [6.07, 6.45) is 3.81. The van der Waals surface area contributed by atoms with Crippen molar-refractivity contribution in [2.45, 2.75) is 13.8 Å². The van der Waals surface area contributed by atoms with Crippen molar-refractivity contribution in [2.24, 2.45) is 7.05 Å². The summed E-state index contributed by atoms with van der Waals surface area (Å²) >= 11 is 0. The lowest BCUT2D eigenvalue weighted by Gasteiger charge is -2.26. The SMILES string of the molecule is Cc1cc(Nc2ncc3c(=O)n(-c4ccccc4C)n(C)c3n2)ccc1N1CC=[N+](C)CC1. The van der Waals surface area contributed by atoms with Gasteiger partial charge < -0.3 is 10.2 Å². The van der Waals surface area contributed by atoms with Crippen LogP contribution in [0.4, 0.5) is 17.3 Å². The summed E-state index contributed by atoms with van der Waals surface area (Å²) in [5, 5.41) is 3.79. The molecule has 0 saturated carbocycles. The molecule has 0 unspecified atom stereocenters. The fourth-order valence-electron chi connectivity index (χ4n) is 4.38. The Labute approximate surface area is 192 Å². The van der Waals surface area contributed by atoms with E-state index in [4.69, 9.17) is 0 Å². The van der Waals surface area contributed by atoms with Crippen LogP contribution >= 0.6 is 0 Å². The average molecular weight is 443 g/mol. The molecule has 0 amide bonds. The fourth-order valence-corrected chi connectivity index (χ4v) is 4.38. The Bertz CT molecular complexity index is 1450. The van der Waals surface area contributed by atoms with E-state index in [1.54, 1.807) is 15.6 Å².